The molecule has 2 heterocycles. The summed E-state index contributed by atoms with van der Waals surface area (Å²) in [6.07, 6.45) is 7.84. The summed E-state index contributed by atoms with van der Waals surface area (Å²) in [5.41, 5.74) is 6.97. The maximum absolute atomic E-state index is 12.6. The van der Waals surface area contributed by atoms with Crippen LogP contribution in [-0.4, -0.2) is 28.4 Å². The highest BCUT2D eigenvalue weighted by molar-refractivity contribution is 5.93. The van der Waals surface area contributed by atoms with Crippen molar-refractivity contribution in [2.45, 2.75) is 45.1 Å². The number of amides is 1. The molecule has 19 heavy (non-hydrogen) atoms. The third-order valence-electron chi connectivity index (χ3n) is 4.93. The number of carbonyl (C=O) groups excluding carboxylic acids is 1. The number of H-pyrrole nitrogens is 1. The van der Waals surface area contributed by atoms with Crippen molar-refractivity contribution >= 4 is 11.6 Å². The van der Waals surface area contributed by atoms with Crippen molar-refractivity contribution < 1.29 is 4.79 Å². The van der Waals surface area contributed by atoms with Gasteiger partial charge in [0.1, 0.15) is 5.69 Å². The number of anilines is 1. The molecule has 1 aromatic rings. The largest absolute Gasteiger partial charge is 0.397 e. The molecule has 3 atom stereocenters. The molecule has 3 N–H and O–H groups in total. The number of nitrogens with one attached hydrogen (secondary N) is 1. The smallest absolute Gasteiger partial charge is 0.270 e. The molecule has 1 aromatic heterocycles. The number of nitrogens with two attached hydrogens (primary N) is 1. The number of hydrogen-bond acceptors (Lipinski definition) is 2. The lowest BCUT2D eigenvalue weighted by molar-refractivity contribution is 0.0213. The number of rotatable bonds is 1. The zero-order valence-corrected chi connectivity index (χ0v) is 11.6. The lowest BCUT2D eigenvalue weighted by Crippen LogP contribution is -2.52. The van der Waals surface area contributed by atoms with E-state index in [0.29, 0.717) is 23.3 Å². The van der Waals surface area contributed by atoms with Crippen LogP contribution in [0.1, 0.15) is 49.5 Å². The molecular weight excluding hydrogens is 238 g/mol. The normalized spacial score (nSPS) is 31.0. The van der Waals surface area contributed by atoms with Gasteiger partial charge in [-0.2, -0.15) is 0 Å². The fraction of sp³-hybridized carbons (Fsp3) is 0.667. The molecule has 1 aliphatic carbocycles. The third kappa shape index (κ3) is 2.24. The van der Waals surface area contributed by atoms with Crippen molar-refractivity contribution in [3.63, 3.8) is 0 Å². The number of piperidine rings is 1. The highest BCUT2D eigenvalue weighted by Gasteiger charge is 2.39. The van der Waals surface area contributed by atoms with Crippen LogP contribution in [-0.2, 0) is 0 Å². The van der Waals surface area contributed by atoms with Crippen LogP contribution in [0.3, 0.4) is 0 Å². The third-order valence-corrected chi connectivity index (χ3v) is 4.93. The topological polar surface area (TPSA) is 62.1 Å². The molecule has 3 rings (SSSR count). The second-order valence-electron chi connectivity index (χ2n) is 6.13. The molecule has 0 radical (unpaired) electrons. The Kier molecular flexibility index (Phi) is 3.25. The fourth-order valence-electron chi connectivity index (χ4n) is 3.85. The van der Waals surface area contributed by atoms with Gasteiger partial charge in [0.25, 0.3) is 5.91 Å². The molecule has 4 nitrogen and oxygen atoms in total. The lowest BCUT2D eigenvalue weighted by atomic mass is 9.72. The molecule has 2 fully saturated rings. The molecule has 3 unspecified atom stereocenters. The molecule has 1 saturated heterocycles. The van der Waals surface area contributed by atoms with Crippen LogP contribution < -0.4 is 5.73 Å². The minimum atomic E-state index is 0.125. The summed E-state index contributed by atoms with van der Waals surface area (Å²) in [5.74, 6) is 1.57. The summed E-state index contributed by atoms with van der Waals surface area (Å²) in [4.78, 5) is 17.7. The molecular formula is C15H23N3O. The van der Waals surface area contributed by atoms with Crippen molar-refractivity contribution in [1.29, 1.82) is 0 Å². The van der Waals surface area contributed by atoms with Gasteiger partial charge in [0.15, 0.2) is 0 Å². The number of nitrogens with zero attached hydrogens (tertiary/aromatic N) is 1. The lowest BCUT2D eigenvalue weighted by Gasteiger charge is -2.47. The van der Waals surface area contributed by atoms with Gasteiger partial charge < -0.3 is 15.6 Å². The number of carbonyl (C=O) groups is 1. The average Bonchev–Trinajstić information content (AvgIpc) is 2.86. The second kappa shape index (κ2) is 4.91. The van der Waals surface area contributed by atoms with E-state index in [0.717, 1.165) is 25.3 Å². The van der Waals surface area contributed by atoms with E-state index in [9.17, 15) is 4.79 Å². The van der Waals surface area contributed by atoms with Gasteiger partial charge in [-0.15, -0.1) is 0 Å². The molecule has 1 amide bonds. The van der Waals surface area contributed by atoms with Crippen molar-refractivity contribution in [1.82, 2.24) is 9.88 Å². The molecule has 2 aliphatic rings. The van der Waals surface area contributed by atoms with Gasteiger partial charge in [-0.25, -0.2) is 0 Å². The van der Waals surface area contributed by atoms with Crippen molar-refractivity contribution in [3.05, 3.63) is 18.0 Å². The Morgan fingerprint density at radius 2 is 2.16 bits per heavy atom. The van der Waals surface area contributed by atoms with Gasteiger partial charge in [-0.3, -0.25) is 4.79 Å². The van der Waals surface area contributed by atoms with Crippen LogP contribution >= 0.6 is 0 Å². The molecule has 4 heteroatoms. The SMILES string of the molecule is CC1CCN(C(=O)c2cc(N)c[nH]2)C2CCCCC12. The molecule has 0 aromatic carbocycles. The quantitative estimate of drug-likeness (QED) is 0.816. The molecule has 0 bridgehead atoms. The maximum Gasteiger partial charge on any atom is 0.270 e. The number of hydrogen-bond donors (Lipinski definition) is 2. The minimum Gasteiger partial charge on any atom is -0.397 e. The zero-order valence-electron chi connectivity index (χ0n) is 11.6. The Morgan fingerprint density at radius 3 is 2.89 bits per heavy atom. The van der Waals surface area contributed by atoms with Gasteiger partial charge in [0.05, 0.1) is 0 Å². The van der Waals surface area contributed by atoms with Crippen molar-refractivity contribution in [3.8, 4) is 0 Å². The molecule has 104 valence electrons. The summed E-state index contributed by atoms with van der Waals surface area (Å²) in [7, 11) is 0. The number of aromatic amines is 1. The average molecular weight is 261 g/mol. The first-order chi connectivity index (χ1) is 9.16. The highest BCUT2D eigenvalue weighted by atomic mass is 16.2. The predicted molar refractivity (Wildman–Crippen MR) is 75.8 cm³/mol. The van der Waals surface area contributed by atoms with E-state index >= 15 is 0 Å². The van der Waals surface area contributed by atoms with E-state index in [2.05, 4.69) is 16.8 Å². The Bertz CT molecular complexity index is 468. The Morgan fingerprint density at radius 1 is 1.37 bits per heavy atom. The summed E-state index contributed by atoms with van der Waals surface area (Å²) >= 11 is 0. The van der Waals surface area contributed by atoms with E-state index in [1.807, 2.05) is 0 Å². The summed E-state index contributed by atoms with van der Waals surface area (Å²) in [5, 5.41) is 0. The summed E-state index contributed by atoms with van der Waals surface area (Å²) < 4.78 is 0. The van der Waals surface area contributed by atoms with Crippen LogP contribution in [0.2, 0.25) is 0 Å². The van der Waals surface area contributed by atoms with Crippen LogP contribution in [0.25, 0.3) is 0 Å². The molecule has 1 saturated carbocycles. The number of fused-ring (bicyclic) bond motifs is 1. The Labute approximate surface area is 114 Å². The van der Waals surface area contributed by atoms with Gasteiger partial charge >= 0.3 is 0 Å². The van der Waals surface area contributed by atoms with Gasteiger partial charge in [0, 0.05) is 24.5 Å². The Hall–Kier alpha value is -1.45. The second-order valence-corrected chi connectivity index (χ2v) is 6.13. The number of likely N-dealkylation sites (tertiary alicyclic amines) is 1. The van der Waals surface area contributed by atoms with Crippen molar-refractivity contribution in [2.75, 3.05) is 12.3 Å². The van der Waals surface area contributed by atoms with E-state index in [1.54, 1.807) is 12.3 Å². The first kappa shape index (κ1) is 12.6. The van der Waals surface area contributed by atoms with Gasteiger partial charge in [-0.1, -0.05) is 19.8 Å². The van der Waals surface area contributed by atoms with E-state index in [4.69, 9.17) is 5.73 Å². The standard InChI is InChI=1S/C15H23N3O/c1-10-6-7-18(14-5-3-2-4-12(10)14)15(19)13-8-11(16)9-17-13/h8-10,12,14,17H,2-7,16H2,1H3. The summed E-state index contributed by atoms with van der Waals surface area (Å²) in [6.45, 7) is 3.23. The fourth-order valence-corrected chi connectivity index (χ4v) is 3.85. The van der Waals surface area contributed by atoms with E-state index < -0.39 is 0 Å². The van der Waals surface area contributed by atoms with Gasteiger partial charge in [-0.05, 0) is 37.2 Å². The monoisotopic (exact) mass is 261 g/mol. The predicted octanol–water partition coefficient (Wildman–Crippen LogP) is 2.64. The van der Waals surface area contributed by atoms with Crippen LogP contribution in [0.4, 0.5) is 5.69 Å². The number of aromatic nitrogens is 1. The summed E-state index contributed by atoms with van der Waals surface area (Å²) in [6, 6.07) is 2.19. The van der Waals surface area contributed by atoms with Crippen LogP contribution in [0.15, 0.2) is 12.3 Å². The molecule has 1 aliphatic heterocycles. The highest BCUT2D eigenvalue weighted by Crippen LogP contribution is 2.39. The zero-order chi connectivity index (χ0) is 13.4. The Balaban J connectivity index is 1.81. The van der Waals surface area contributed by atoms with Crippen LogP contribution in [0, 0.1) is 11.8 Å². The number of nitrogen functional groups attached to an aromatic ring is 1. The molecule has 0 spiro atoms. The first-order valence-electron chi connectivity index (χ1n) is 7.41. The minimum absolute atomic E-state index is 0.125. The van der Waals surface area contributed by atoms with E-state index in [-0.39, 0.29) is 5.91 Å². The van der Waals surface area contributed by atoms with Gasteiger partial charge in [0.2, 0.25) is 0 Å². The first-order valence-corrected chi connectivity index (χ1v) is 7.41. The maximum atomic E-state index is 12.6. The van der Waals surface area contributed by atoms with Crippen LogP contribution in [0.5, 0.6) is 0 Å². The van der Waals surface area contributed by atoms with Crippen molar-refractivity contribution in [2.24, 2.45) is 11.8 Å². The van der Waals surface area contributed by atoms with E-state index in [1.165, 1.54) is 19.3 Å².